The summed E-state index contributed by atoms with van der Waals surface area (Å²) in [6, 6.07) is 0. The van der Waals surface area contributed by atoms with Gasteiger partial charge in [-0.1, -0.05) is 220 Å². The van der Waals surface area contributed by atoms with Gasteiger partial charge < -0.3 is 24.9 Å². The largest absolute Gasteiger partial charge is 0.481 e. The Kier molecular flexibility index (Phi) is 48.6. The van der Waals surface area contributed by atoms with E-state index in [4.69, 9.17) is 20.4 Å². The van der Waals surface area contributed by atoms with E-state index in [1.54, 1.807) is 0 Å². The first-order valence-electron chi connectivity index (χ1n) is 25.2. The number of unbranched alkanes of at least 4 members (excludes halogenated alkanes) is 36. The highest BCUT2D eigenvalue weighted by Gasteiger charge is 2.25. The van der Waals surface area contributed by atoms with Crippen molar-refractivity contribution in [1.82, 2.24) is 0 Å². The van der Waals surface area contributed by atoms with E-state index in [-0.39, 0.29) is 0 Å². The van der Waals surface area contributed by atoms with Crippen LogP contribution in [-0.4, -0.2) is 46.8 Å². The molecule has 7 nitrogen and oxygen atoms in total. The molecular formula is C49H100N2O5. The van der Waals surface area contributed by atoms with E-state index in [9.17, 15) is 4.79 Å². The standard InChI is InChI=1S/C49H99NO2.NO3/c1-4-7-10-13-16-19-25-30-35-40-45-50(46-41-36-31-26-20-17-14-11-8-5-2,47-42-37-32-27-21-18-15-12-9-6-3)48-43-38-33-28-23-22-24-29-34-39-44-49(51)52;2-1(3)4/h4-48H2,1-3H3;/q;-1/p+1. The summed E-state index contributed by atoms with van der Waals surface area (Å²) in [5.74, 6) is -0.641. The molecule has 0 saturated carbocycles. The molecule has 0 aromatic carbocycles. The van der Waals surface area contributed by atoms with Crippen molar-refractivity contribution in [1.29, 1.82) is 0 Å². The zero-order valence-corrected chi connectivity index (χ0v) is 38.3. The lowest BCUT2D eigenvalue weighted by Crippen LogP contribution is -2.50. The van der Waals surface area contributed by atoms with Gasteiger partial charge in [0.15, 0.2) is 0 Å². The first kappa shape index (κ1) is 56.7. The third-order valence-corrected chi connectivity index (χ3v) is 12.2. The second-order valence-electron chi connectivity index (χ2n) is 17.7. The van der Waals surface area contributed by atoms with E-state index in [1.807, 2.05) is 0 Å². The van der Waals surface area contributed by atoms with Crippen LogP contribution >= 0.6 is 0 Å². The van der Waals surface area contributed by atoms with Gasteiger partial charge >= 0.3 is 5.97 Å². The van der Waals surface area contributed by atoms with Gasteiger partial charge in [-0.25, -0.2) is 0 Å². The Balaban J connectivity index is 0. The number of nitrogens with zero attached hydrogens (tertiary/aromatic N) is 2. The molecule has 56 heavy (non-hydrogen) atoms. The molecule has 0 bridgehead atoms. The summed E-state index contributed by atoms with van der Waals surface area (Å²) in [6.45, 7) is 12.8. The smallest absolute Gasteiger partial charge is 0.303 e. The number of hydrogen-bond donors (Lipinski definition) is 1. The molecule has 0 amide bonds. The van der Waals surface area contributed by atoms with Gasteiger partial charge in [-0.15, -0.1) is 0 Å². The Hall–Kier alpha value is -1.37. The SMILES string of the molecule is CCCCCCCCCCCC[N+](CCCCCCCCCCCC)(CCCCCCCCCCCC)CCCCCCCCCCCCC(=O)O.O=[N+]([O-])[O-]. The number of carboxylic acids is 1. The Morgan fingerprint density at radius 3 is 0.696 bits per heavy atom. The number of quaternary nitrogens is 1. The molecule has 0 saturated heterocycles. The molecule has 0 fully saturated rings. The van der Waals surface area contributed by atoms with Gasteiger partial charge in [0.1, 0.15) is 0 Å². The van der Waals surface area contributed by atoms with Crippen LogP contribution in [0.1, 0.15) is 284 Å². The fraction of sp³-hybridized carbons (Fsp3) is 0.980. The van der Waals surface area contributed by atoms with Gasteiger partial charge in [0.2, 0.25) is 0 Å². The zero-order valence-electron chi connectivity index (χ0n) is 38.3. The lowest BCUT2D eigenvalue weighted by molar-refractivity contribution is -0.929. The molecule has 0 rings (SSSR count). The van der Waals surface area contributed by atoms with Crippen molar-refractivity contribution in [2.45, 2.75) is 284 Å². The van der Waals surface area contributed by atoms with Crippen LogP contribution in [0.25, 0.3) is 0 Å². The van der Waals surface area contributed by atoms with Crippen LogP contribution in [0.2, 0.25) is 0 Å². The number of carboxylic acid groups (broad SMARTS) is 1. The second-order valence-corrected chi connectivity index (χ2v) is 17.7. The van der Waals surface area contributed by atoms with E-state index >= 15 is 0 Å². The molecule has 0 spiro atoms. The van der Waals surface area contributed by atoms with E-state index in [1.165, 1.54) is 275 Å². The first-order chi connectivity index (χ1) is 27.3. The zero-order chi connectivity index (χ0) is 41.5. The molecule has 336 valence electrons. The van der Waals surface area contributed by atoms with Crippen LogP contribution in [-0.2, 0) is 4.79 Å². The highest BCUT2D eigenvalue weighted by Crippen LogP contribution is 2.22. The van der Waals surface area contributed by atoms with Crippen LogP contribution in [0.5, 0.6) is 0 Å². The minimum Gasteiger partial charge on any atom is -0.481 e. The van der Waals surface area contributed by atoms with Gasteiger partial charge in [-0.2, -0.15) is 0 Å². The normalized spacial score (nSPS) is 11.5. The third kappa shape index (κ3) is 48.8. The van der Waals surface area contributed by atoms with Gasteiger partial charge in [0, 0.05) is 6.42 Å². The third-order valence-electron chi connectivity index (χ3n) is 12.2. The molecule has 0 radical (unpaired) electrons. The van der Waals surface area contributed by atoms with E-state index in [0.29, 0.717) is 6.42 Å². The molecule has 0 atom stereocenters. The number of rotatable bonds is 46. The van der Waals surface area contributed by atoms with Crippen molar-refractivity contribution in [2.75, 3.05) is 26.2 Å². The summed E-state index contributed by atoms with van der Waals surface area (Å²) < 4.78 is 1.45. The lowest BCUT2D eigenvalue weighted by Gasteiger charge is -2.40. The number of carbonyl (C=O) groups is 1. The average molecular weight is 797 g/mol. The fourth-order valence-corrected chi connectivity index (χ4v) is 8.61. The van der Waals surface area contributed by atoms with Gasteiger partial charge in [0.05, 0.1) is 31.3 Å². The Morgan fingerprint density at radius 1 is 0.357 bits per heavy atom. The molecule has 0 heterocycles. The van der Waals surface area contributed by atoms with Crippen molar-refractivity contribution in [3.63, 3.8) is 0 Å². The minimum absolute atomic E-state index is 0.345. The van der Waals surface area contributed by atoms with Crippen molar-refractivity contribution >= 4 is 5.97 Å². The molecule has 0 aliphatic carbocycles. The fourth-order valence-electron chi connectivity index (χ4n) is 8.61. The summed E-state index contributed by atoms with van der Waals surface area (Å²) in [7, 11) is 0. The van der Waals surface area contributed by atoms with Crippen LogP contribution in [0, 0.1) is 15.3 Å². The molecule has 0 aliphatic heterocycles. The molecule has 0 unspecified atom stereocenters. The van der Waals surface area contributed by atoms with Crippen molar-refractivity contribution in [3.8, 4) is 0 Å². The average Bonchev–Trinajstić information content (AvgIpc) is 3.17. The van der Waals surface area contributed by atoms with Crippen LogP contribution < -0.4 is 0 Å². The molecule has 1 N–H and O–H groups in total. The minimum atomic E-state index is -1.75. The van der Waals surface area contributed by atoms with Crippen molar-refractivity contribution in [2.24, 2.45) is 0 Å². The maximum atomic E-state index is 10.7. The quantitative estimate of drug-likeness (QED) is 0.0286. The first-order valence-corrected chi connectivity index (χ1v) is 25.2. The van der Waals surface area contributed by atoms with Crippen LogP contribution in [0.4, 0.5) is 0 Å². The Bertz CT molecular complexity index is 716. The topological polar surface area (TPSA) is 104 Å². The summed E-state index contributed by atoms with van der Waals surface area (Å²) >= 11 is 0. The van der Waals surface area contributed by atoms with Crippen LogP contribution in [0.3, 0.4) is 0 Å². The number of aliphatic carboxylic acids is 1. The van der Waals surface area contributed by atoms with Gasteiger partial charge in [-0.3, -0.25) is 4.79 Å². The Morgan fingerprint density at radius 2 is 0.518 bits per heavy atom. The summed E-state index contributed by atoms with van der Waals surface area (Å²) in [5, 5.41) is 23.6. The van der Waals surface area contributed by atoms with Crippen LogP contribution in [0.15, 0.2) is 0 Å². The molecule has 0 aromatic heterocycles. The predicted octanol–water partition coefficient (Wildman–Crippen LogP) is 16.7. The molecule has 7 heteroatoms. The lowest BCUT2D eigenvalue weighted by atomic mass is 10.0. The molecule has 0 aromatic rings. The summed E-state index contributed by atoms with van der Waals surface area (Å²) in [5.41, 5.74) is 0. The van der Waals surface area contributed by atoms with E-state index in [2.05, 4.69) is 20.8 Å². The molecular weight excluding hydrogens is 697 g/mol. The summed E-state index contributed by atoms with van der Waals surface area (Å²) in [4.78, 5) is 19.0. The second kappa shape index (κ2) is 48.0. The number of hydrogen-bond acceptors (Lipinski definition) is 4. The van der Waals surface area contributed by atoms with Gasteiger partial charge in [0.25, 0.3) is 0 Å². The van der Waals surface area contributed by atoms with Crippen molar-refractivity contribution in [3.05, 3.63) is 15.3 Å². The summed E-state index contributed by atoms with van der Waals surface area (Å²) in [6.07, 6.45) is 56.5. The van der Waals surface area contributed by atoms with E-state index in [0.717, 1.165) is 12.8 Å². The highest BCUT2D eigenvalue weighted by atomic mass is 16.9. The van der Waals surface area contributed by atoms with Gasteiger partial charge in [-0.05, 0) is 57.8 Å². The van der Waals surface area contributed by atoms with E-state index < -0.39 is 11.1 Å². The monoisotopic (exact) mass is 797 g/mol. The maximum absolute atomic E-state index is 10.7. The highest BCUT2D eigenvalue weighted by molar-refractivity contribution is 5.66. The maximum Gasteiger partial charge on any atom is 0.303 e. The van der Waals surface area contributed by atoms with Crippen molar-refractivity contribution < 1.29 is 19.5 Å². The Labute approximate surface area is 350 Å². The molecule has 0 aliphatic rings. The predicted molar refractivity (Wildman–Crippen MR) is 244 cm³/mol.